The number of ether oxygens (including phenoxy) is 1. The molecule has 19 heavy (non-hydrogen) atoms. The maximum atomic E-state index is 5.33. The molecule has 92 valence electrons. The summed E-state index contributed by atoms with van der Waals surface area (Å²) in [6, 6.07) is 19.7. The zero-order valence-corrected chi connectivity index (χ0v) is 10.6. The smallest absolute Gasteiger partial charge is 0.109 e. The summed E-state index contributed by atoms with van der Waals surface area (Å²) in [5, 5.41) is 0. The Morgan fingerprint density at radius 3 is 1.47 bits per heavy atom. The highest BCUT2D eigenvalue weighted by molar-refractivity contribution is 5.34. The Morgan fingerprint density at radius 1 is 0.632 bits per heavy atom. The second-order valence-electron chi connectivity index (χ2n) is 3.83. The fourth-order valence-electron chi connectivity index (χ4n) is 1.47. The first kappa shape index (κ1) is 13.0. The number of rotatable bonds is 2. The molecule has 0 aromatic heterocycles. The highest BCUT2D eigenvalue weighted by atomic mass is 16.5. The molecule has 0 fully saturated rings. The van der Waals surface area contributed by atoms with Gasteiger partial charge in [0.2, 0.25) is 0 Å². The van der Waals surface area contributed by atoms with Crippen LogP contribution in [0, 0.1) is 23.7 Å². The van der Waals surface area contributed by atoms with Crippen LogP contribution in [0.3, 0.4) is 0 Å². The molecule has 0 atom stereocenters. The maximum absolute atomic E-state index is 5.33. The van der Waals surface area contributed by atoms with E-state index in [4.69, 9.17) is 4.74 Å². The fraction of sp³-hybridized carbons (Fsp3) is 0.111. The van der Waals surface area contributed by atoms with Gasteiger partial charge in [0.25, 0.3) is 0 Å². The van der Waals surface area contributed by atoms with Crippen LogP contribution in [0.1, 0.15) is 11.1 Å². The van der Waals surface area contributed by atoms with E-state index in [-0.39, 0.29) is 0 Å². The van der Waals surface area contributed by atoms with Crippen molar-refractivity contribution in [1.29, 1.82) is 0 Å². The van der Waals surface area contributed by atoms with Gasteiger partial charge in [-0.25, -0.2) is 0 Å². The van der Waals surface area contributed by atoms with Crippen LogP contribution in [0.2, 0.25) is 0 Å². The van der Waals surface area contributed by atoms with Gasteiger partial charge in [-0.3, -0.25) is 0 Å². The summed E-state index contributed by atoms with van der Waals surface area (Å²) < 4.78 is 5.33. The molecule has 1 nitrogen and oxygen atoms in total. The molecule has 2 aromatic rings. The quantitative estimate of drug-likeness (QED) is 0.584. The first-order chi connectivity index (χ1) is 9.45. The molecule has 0 aliphatic rings. The van der Waals surface area contributed by atoms with Crippen LogP contribution in [0.5, 0.6) is 0 Å². The molecule has 2 aromatic carbocycles. The van der Waals surface area contributed by atoms with Gasteiger partial charge in [-0.15, -0.1) is 0 Å². The van der Waals surface area contributed by atoms with E-state index < -0.39 is 0 Å². The van der Waals surface area contributed by atoms with Crippen molar-refractivity contribution in [2.75, 3.05) is 13.2 Å². The molecule has 0 spiro atoms. The Labute approximate surface area is 114 Å². The van der Waals surface area contributed by atoms with E-state index in [1.54, 1.807) is 0 Å². The summed E-state index contributed by atoms with van der Waals surface area (Å²) in [6.07, 6.45) is 0. The van der Waals surface area contributed by atoms with Crippen LogP contribution in [0.15, 0.2) is 60.7 Å². The second kappa shape index (κ2) is 7.77. The summed E-state index contributed by atoms with van der Waals surface area (Å²) in [6.45, 7) is 0.802. The predicted octanol–water partition coefficient (Wildman–Crippen LogP) is 3.11. The van der Waals surface area contributed by atoms with E-state index in [9.17, 15) is 0 Å². The normalized spacial score (nSPS) is 8.84. The van der Waals surface area contributed by atoms with Crippen LogP contribution < -0.4 is 0 Å². The van der Waals surface area contributed by atoms with Crippen LogP contribution in [0.4, 0.5) is 0 Å². The van der Waals surface area contributed by atoms with Crippen molar-refractivity contribution in [2.24, 2.45) is 0 Å². The van der Waals surface area contributed by atoms with Gasteiger partial charge in [-0.05, 0) is 24.3 Å². The minimum atomic E-state index is 0.401. The van der Waals surface area contributed by atoms with Gasteiger partial charge >= 0.3 is 0 Å². The predicted molar refractivity (Wildman–Crippen MR) is 77.5 cm³/mol. The van der Waals surface area contributed by atoms with Crippen molar-refractivity contribution in [3.63, 3.8) is 0 Å². The lowest BCUT2D eigenvalue weighted by atomic mass is 10.2. The standard InChI is InChI=1S/C18H14O/c1-3-9-17(10-4-1)13-7-15-19-16-8-14-18-11-5-2-6-12-18/h1-6,9-12H,15-16H2. The van der Waals surface area contributed by atoms with Gasteiger partial charge in [-0.1, -0.05) is 60.1 Å². The molecule has 0 saturated carbocycles. The monoisotopic (exact) mass is 246 g/mol. The maximum Gasteiger partial charge on any atom is 0.109 e. The lowest BCUT2D eigenvalue weighted by Gasteiger charge is -1.91. The minimum Gasteiger partial charge on any atom is -0.356 e. The Bertz CT molecular complexity index is 549. The lowest BCUT2D eigenvalue weighted by molar-refractivity contribution is 0.204. The third kappa shape index (κ3) is 5.13. The second-order valence-corrected chi connectivity index (χ2v) is 3.83. The molecule has 0 amide bonds. The van der Waals surface area contributed by atoms with Crippen LogP contribution >= 0.6 is 0 Å². The van der Waals surface area contributed by atoms with E-state index in [0.717, 1.165) is 11.1 Å². The Kier molecular flexibility index (Phi) is 5.30. The van der Waals surface area contributed by atoms with Crippen LogP contribution in [-0.4, -0.2) is 13.2 Å². The largest absolute Gasteiger partial charge is 0.356 e. The van der Waals surface area contributed by atoms with Crippen molar-refractivity contribution < 1.29 is 4.74 Å². The fourth-order valence-corrected chi connectivity index (χ4v) is 1.47. The average Bonchev–Trinajstić information content (AvgIpc) is 2.48. The first-order valence-corrected chi connectivity index (χ1v) is 6.11. The number of hydrogen-bond donors (Lipinski definition) is 0. The molecule has 0 radical (unpaired) electrons. The van der Waals surface area contributed by atoms with E-state index in [1.807, 2.05) is 60.7 Å². The highest BCUT2D eigenvalue weighted by Crippen LogP contribution is 1.95. The molecular formula is C18H14O. The Hall–Kier alpha value is -2.48. The Morgan fingerprint density at radius 2 is 1.05 bits per heavy atom. The first-order valence-electron chi connectivity index (χ1n) is 6.11. The van der Waals surface area contributed by atoms with E-state index in [0.29, 0.717) is 13.2 Å². The topological polar surface area (TPSA) is 9.23 Å². The van der Waals surface area contributed by atoms with Crippen LogP contribution in [0.25, 0.3) is 0 Å². The van der Waals surface area contributed by atoms with Crippen molar-refractivity contribution in [2.45, 2.75) is 0 Å². The molecule has 2 rings (SSSR count). The Balaban J connectivity index is 1.71. The van der Waals surface area contributed by atoms with E-state index in [2.05, 4.69) is 23.7 Å². The van der Waals surface area contributed by atoms with Crippen molar-refractivity contribution >= 4 is 0 Å². The summed E-state index contributed by atoms with van der Waals surface area (Å²) in [7, 11) is 0. The number of hydrogen-bond acceptors (Lipinski definition) is 1. The van der Waals surface area contributed by atoms with E-state index >= 15 is 0 Å². The van der Waals surface area contributed by atoms with Crippen molar-refractivity contribution in [3.05, 3.63) is 71.8 Å². The molecule has 1 heteroatoms. The molecule has 0 saturated heterocycles. The van der Waals surface area contributed by atoms with Gasteiger partial charge in [0.05, 0.1) is 0 Å². The molecule has 0 aliphatic carbocycles. The molecular weight excluding hydrogens is 232 g/mol. The van der Waals surface area contributed by atoms with Crippen molar-refractivity contribution in [1.82, 2.24) is 0 Å². The molecule has 0 N–H and O–H groups in total. The van der Waals surface area contributed by atoms with Gasteiger partial charge in [0.15, 0.2) is 0 Å². The van der Waals surface area contributed by atoms with Crippen molar-refractivity contribution in [3.8, 4) is 23.7 Å². The van der Waals surface area contributed by atoms with E-state index in [1.165, 1.54) is 0 Å². The van der Waals surface area contributed by atoms with Crippen LogP contribution in [-0.2, 0) is 4.74 Å². The van der Waals surface area contributed by atoms with Gasteiger partial charge in [0.1, 0.15) is 13.2 Å². The van der Waals surface area contributed by atoms with Gasteiger partial charge in [-0.2, -0.15) is 0 Å². The summed E-state index contributed by atoms with van der Waals surface area (Å²) in [4.78, 5) is 0. The molecule has 0 heterocycles. The third-order valence-electron chi connectivity index (χ3n) is 2.36. The third-order valence-corrected chi connectivity index (χ3v) is 2.36. The summed E-state index contributed by atoms with van der Waals surface area (Å²) >= 11 is 0. The SMILES string of the molecule is C(#Cc1ccccc1)COCC#Cc1ccccc1. The number of benzene rings is 2. The average molecular weight is 246 g/mol. The zero-order valence-electron chi connectivity index (χ0n) is 10.6. The molecule has 0 bridgehead atoms. The minimum absolute atomic E-state index is 0.401. The van der Waals surface area contributed by atoms with Gasteiger partial charge < -0.3 is 4.74 Å². The summed E-state index contributed by atoms with van der Waals surface area (Å²) in [5.41, 5.74) is 2.00. The molecule has 0 aliphatic heterocycles. The molecule has 0 unspecified atom stereocenters. The summed E-state index contributed by atoms with van der Waals surface area (Å²) in [5.74, 6) is 12.0. The lowest BCUT2D eigenvalue weighted by Crippen LogP contribution is -1.91. The highest BCUT2D eigenvalue weighted by Gasteiger charge is 1.83. The zero-order chi connectivity index (χ0) is 13.2. The van der Waals surface area contributed by atoms with Gasteiger partial charge in [0, 0.05) is 11.1 Å².